The number of ketones is 1. The number of Topliss-reactive ketones (excluding diaryl/α,β-unsaturated/α-hetero) is 1. The van der Waals surface area contributed by atoms with E-state index >= 15 is 0 Å². The molecule has 0 radical (unpaired) electrons. The van der Waals surface area contributed by atoms with Gasteiger partial charge in [-0.3, -0.25) is 19.2 Å². The van der Waals surface area contributed by atoms with Gasteiger partial charge in [0, 0.05) is 6.54 Å². The molecule has 12 heteroatoms. The molecule has 1 heterocycles. The predicted molar refractivity (Wildman–Crippen MR) is 166 cm³/mol. The Hall–Kier alpha value is -3.18. The summed E-state index contributed by atoms with van der Waals surface area (Å²) in [5, 5.41) is 8.31. The number of hydrogen-bond acceptors (Lipinski definition) is 7. The fraction of sp³-hybridized carbons (Fsp3) is 0.818. The number of fused-ring (bicyclic) bond motifs is 1. The largest absolute Gasteiger partial charge is 0.461 e. The lowest BCUT2D eigenvalue weighted by atomic mass is 9.85. The maximum absolute atomic E-state index is 14.3. The summed E-state index contributed by atoms with van der Waals surface area (Å²) in [6, 6.07) is -4.61. The molecule has 45 heavy (non-hydrogen) atoms. The Morgan fingerprint density at radius 3 is 1.93 bits per heavy atom. The van der Waals surface area contributed by atoms with Crippen LogP contribution < -0.4 is 21.7 Å². The lowest BCUT2D eigenvalue weighted by Gasteiger charge is -2.38. The van der Waals surface area contributed by atoms with E-state index in [2.05, 4.69) is 16.0 Å². The first kappa shape index (κ1) is 34.7. The average Bonchev–Trinajstić information content (AvgIpc) is 3.85. The van der Waals surface area contributed by atoms with Crippen molar-refractivity contribution in [1.29, 1.82) is 0 Å². The Labute approximate surface area is 266 Å². The fourth-order valence-corrected chi connectivity index (χ4v) is 6.82. The van der Waals surface area contributed by atoms with Gasteiger partial charge in [-0.25, -0.2) is 9.59 Å². The number of nitrogens with two attached hydrogens (primary N) is 1. The minimum absolute atomic E-state index is 0.0638. The Kier molecular flexibility index (Phi) is 9.41. The first-order valence-electron chi connectivity index (χ1n) is 16.4. The van der Waals surface area contributed by atoms with E-state index < -0.39 is 70.5 Å². The molecule has 0 bridgehead atoms. The summed E-state index contributed by atoms with van der Waals surface area (Å²) in [5.74, 6) is -2.91. The van der Waals surface area contributed by atoms with E-state index in [4.69, 9.17) is 10.5 Å². The van der Waals surface area contributed by atoms with Crippen LogP contribution in [0.5, 0.6) is 0 Å². The zero-order valence-electron chi connectivity index (χ0n) is 28.3. The number of primary amides is 1. The average molecular weight is 632 g/mol. The maximum Gasteiger partial charge on any atom is 0.329 e. The van der Waals surface area contributed by atoms with Crippen molar-refractivity contribution in [2.75, 3.05) is 6.54 Å². The number of piperidine rings is 1. The topological polar surface area (TPSA) is 177 Å². The molecule has 4 aliphatic rings. The van der Waals surface area contributed by atoms with E-state index in [0.717, 1.165) is 25.7 Å². The Balaban J connectivity index is 1.51. The first-order chi connectivity index (χ1) is 20.6. The van der Waals surface area contributed by atoms with Crippen molar-refractivity contribution in [2.45, 2.75) is 125 Å². The standard InChI is InChI=1S/C33H53N5O7/c1-16(18-12-13-18)45-29(43)25(32(5,6)7)37-30(44)36-24(31(2,3)4)28(42)38-15-19-21(33(19,8)9)22(38)27(41)35-20(14-17-10-11-17)23(39)26(34)40/h16-22,24-25H,10-15H2,1-9H3,(H2,34,40)(H,35,41)(H2,36,37,44)/t16?,19-,20?,21-,22-,24+,25+/m0/s1. The van der Waals surface area contributed by atoms with Gasteiger partial charge >= 0.3 is 12.0 Å². The van der Waals surface area contributed by atoms with Crippen LogP contribution in [0, 0.1) is 39.9 Å². The minimum Gasteiger partial charge on any atom is -0.461 e. The lowest BCUT2D eigenvalue weighted by molar-refractivity contribution is -0.154. The molecule has 1 aliphatic heterocycles. The summed E-state index contributed by atoms with van der Waals surface area (Å²) in [6.07, 6.45) is 3.93. The van der Waals surface area contributed by atoms with Gasteiger partial charge in [0.05, 0.1) is 6.04 Å². The number of ether oxygens (including phenoxy) is 1. The second-order valence-electron chi connectivity index (χ2n) is 16.6. The van der Waals surface area contributed by atoms with Crippen LogP contribution in [-0.4, -0.2) is 77.2 Å². The van der Waals surface area contributed by atoms with Gasteiger partial charge < -0.3 is 31.3 Å². The van der Waals surface area contributed by atoms with Gasteiger partial charge in [-0.05, 0) is 66.1 Å². The molecular weight excluding hydrogens is 578 g/mol. The zero-order valence-corrected chi connectivity index (χ0v) is 28.3. The molecule has 252 valence electrons. The first-order valence-corrected chi connectivity index (χ1v) is 16.4. The van der Waals surface area contributed by atoms with Crippen molar-refractivity contribution < 1.29 is 33.5 Å². The van der Waals surface area contributed by atoms with Crippen molar-refractivity contribution in [1.82, 2.24) is 20.9 Å². The molecular formula is C33H53N5O7. The zero-order chi connectivity index (χ0) is 33.8. The van der Waals surface area contributed by atoms with Crippen LogP contribution in [0.2, 0.25) is 0 Å². The number of carbonyl (C=O) groups excluding carboxylic acids is 6. The summed E-state index contributed by atoms with van der Waals surface area (Å²) in [4.78, 5) is 80.5. The van der Waals surface area contributed by atoms with Gasteiger partial charge in [0.15, 0.2) is 0 Å². The molecule has 3 aliphatic carbocycles. The van der Waals surface area contributed by atoms with E-state index in [1.807, 2.05) is 62.3 Å². The van der Waals surface area contributed by atoms with Crippen LogP contribution in [0.3, 0.4) is 0 Å². The second kappa shape index (κ2) is 12.2. The summed E-state index contributed by atoms with van der Waals surface area (Å²) in [7, 11) is 0. The molecule has 4 rings (SSSR count). The van der Waals surface area contributed by atoms with Crippen LogP contribution in [-0.2, 0) is 28.7 Å². The van der Waals surface area contributed by atoms with E-state index in [1.165, 1.54) is 4.90 Å². The number of nitrogens with zero attached hydrogens (tertiary/aromatic N) is 1. The highest BCUT2D eigenvalue weighted by Gasteiger charge is 2.70. The van der Waals surface area contributed by atoms with Crippen LogP contribution >= 0.6 is 0 Å². The van der Waals surface area contributed by atoms with E-state index in [9.17, 15) is 28.8 Å². The van der Waals surface area contributed by atoms with Gasteiger partial charge in [0.1, 0.15) is 24.2 Å². The molecule has 4 fully saturated rings. The number of amides is 5. The van der Waals surface area contributed by atoms with Crippen molar-refractivity contribution >= 4 is 35.5 Å². The molecule has 0 spiro atoms. The summed E-state index contributed by atoms with van der Waals surface area (Å²) >= 11 is 0. The molecule has 7 atom stereocenters. The summed E-state index contributed by atoms with van der Waals surface area (Å²) < 4.78 is 5.68. The molecule has 0 aromatic heterocycles. The normalized spacial score (nSPS) is 26.4. The quantitative estimate of drug-likeness (QED) is 0.189. The highest BCUT2D eigenvalue weighted by Crippen LogP contribution is 2.65. The summed E-state index contributed by atoms with van der Waals surface area (Å²) in [5.41, 5.74) is 3.67. The molecule has 2 unspecified atom stereocenters. The Bertz CT molecular complexity index is 1230. The maximum atomic E-state index is 14.3. The molecule has 5 N–H and O–H groups in total. The van der Waals surface area contributed by atoms with Crippen LogP contribution in [0.4, 0.5) is 4.79 Å². The van der Waals surface area contributed by atoms with Gasteiger partial charge in [0.25, 0.3) is 5.91 Å². The third-order valence-electron chi connectivity index (χ3n) is 10.3. The molecule has 0 aromatic rings. The molecule has 0 aromatic carbocycles. The van der Waals surface area contributed by atoms with E-state index in [-0.39, 0.29) is 29.3 Å². The number of urea groups is 1. The van der Waals surface area contributed by atoms with Gasteiger partial charge in [-0.2, -0.15) is 0 Å². The number of nitrogens with one attached hydrogen (secondary N) is 3. The van der Waals surface area contributed by atoms with Gasteiger partial charge in [-0.15, -0.1) is 0 Å². The third kappa shape index (κ3) is 7.80. The molecule has 12 nitrogen and oxygen atoms in total. The lowest BCUT2D eigenvalue weighted by Crippen LogP contribution is -2.62. The minimum atomic E-state index is -1.10. The van der Waals surface area contributed by atoms with Crippen molar-refractivity contribution in [3.8, 4) is 0 Å². The van der Waals surface area contributed by atoms with Crippen LogP contribution in [0.25, 0.3) is 0 Å². The number of likely N-dealkylation sites (tertiary alicyclic amines) is 1. The highest BCUT2D eigenvalue weighted by atomic mass is 16.5. The van der Waals surface area contributed by atoms with Gasteiger partial charge in [-0.1, -0.05) is 68.2 Å². The number of hydrogen-bond donors (Lipinski definition) is 4. The molecule has 5 amide bonds. The number of rotatable bonds is 12. The smallest absolute Gasteiger partial charge is 0.329 e. The van der Waals surface area contributed by atoms with Crippen molar-refractivity contribution in [2.24, 2.45) is 45.7 Å². The van der Waals surface area contributed by atoms with Crippen molar-refractivity contribution in [3.05, 3.63) is 0 Å². The fourth-order valence-electron chi connectivity index (χ4n) is 6.82. The second-order valence-corrected chi connectivity index (χ2v) is 16.6. The van der Waals surface area contributed by atoms with E-state index in [0.29, 0.717) is 18.9 Å². The summed E-state index contributed by atoms with van der Waals surface area (Å²) in [6.45, 7) is 17.2. The Morgan fingerprint density at radius 1 is 0.889 bits per heavy atom. The Morgan fingerprint density at radius 2 is 1.44 bits per heavy atom. The molecule has 3 saturated carbocycles. The van der Waals surface area contributed by atoms with Crippen molar-refractivity contribution in [3.63, 3.8) is 0 Å². The SMILES string of the molecule is CC(OC(=O)[C@@H](NC(=O)N[C@H](C(=O)N1C[C@H]2[C@@H]([C@H]1C(=O)NC(CC1CC1)C(=O)C(N)=O)C2(C)C)C(C)(C)C)C(C)(C)C)C1CC1. The molecule has 1 saturated heterocycles. The van der Waals surface area contributed by atoms with Crippen LogP contribution in [0.1, 0.15) is 94.4 Å². The monoisotopic (exact) mass is 631 g/mol. The predicted octanol–water partition coefficient (Wildman–Crippen LogP) is 2.28. The van der Waals surface area contributed by atoms with Gasteiger partial charge in [0.2, 0.25) is 17.6 Å². The third-order valence-corrected chi connectivity index (χ3v) is 10.3. The number of carbonyl (C=O) groups is 6. The highest BCUT2D eigenvalue weighted by molar-refractivity contribution is 6.37. The van der Waals surface area contributed by atoms with Crippen LogP contribution in [0.15, 0.2) is 0 Å². The van der Waals surface area contributed by atoms with E-state index in [1.54, 1.807) is 0 Å². The number of esters is 1.